The number of phenols is 2. The number of halogens is 8. The normalized spacial score (nSPS) is 19.1. The topological polar surface area (TPSA) is 74.8 Å². The van der Waals surface area contributed by atoms with Gasteiger partial charge in [0.2, 0.25) is 11.6 Å². The second-order valence-corrected chi connectivity index (χ2v) is 6.41. The van der Waals surface area contributed by atoms with E-state index in [0.717, 1.165) is 26.4 Å². The summed E-state index contributed by atoms with van der Waals surface area (Å²) in [6, 6.07) is 0. The van der Waals surface area contributed by atoms with Gasteiger partial charge in [0.25, 0.3) is 0 Å². The molecule has 2 fully saturated rings. The highest BCUT2D eigenvalue weighted by Gasteiger charge is 2.34. The quantitative estimate of drug-likeness (QED) is 0.234. The first-order valence-corrected chi connectivity index (χ1v) is 8.47. The Morgan fingerprint density at radius 2 is 0.935 bits per heavy atom. The number of ether oxygens (including phenoxy) is 3. The molecule has 2 aliphatic heterocycles. The fourth-order valence-corrected chi connectivity index (χ4v) is 2.35. The van der Waals surface area contributed by atoms with Crippen LogP contribution in [0.2, 0.25) is 0 Å². The molecule has 5 nitrogen and oxygen atoms in total. The summed E-state index contributed by atoms with van der Waals surface area (Å²) in [5.41, 5.74) is -3.97. The molecule has 2 saturated heterocycles. The lowest BCUT2D eigenvalue weighted by molar-refractivity contribution is 0.102. The van der Waals surface area contributed by atoms with E-state index in [2.05, 4.69) is 0 Å². The van der Waals surface area contributed by atoms with E-state index < -0.39 is 69.2 Å². The maximum atomic E-state index is 13.6. The van der Waals surface area contributed by atoms with Crippen molar-refractivity contribution < 1.29 is 59.5 Å². The molecule has 2 aromatic carbocycles. The van der Waals surface area contributed by atoms with Gasteiger partial charge >= 0.3 is 0 Å². The third-order valence-electron chi connectivity index (χ3n) is 4.15. The van der Waals surface area contributed by atoms with Crippen LogP contribution in [0, 0.1) is 46.5 Å². The van der Waals surface area contributed by atoms with Crippen molar-refractivity contribution in [3.05, 3.63) is 46.5 Å². The SMILES string of the molecule is C(OCC1CO1)C1CO1.Oc1c(O)c(-c2c(F)c(F)c(F)c(F)c2F)c(F)c(F)c1F. The molecule has 2 atom stereocenters. The summed E-state index contributed by atoms with van der Waals surface area (Å²) in [7, 11) is 0. The average Bonchev–Trinajstić information content (AvgIpc) is 3.67. The maximum absolute atomic E-state index is 13.6. The third kappa shape index (κ3) is 4.67. The number of hydrogen-bond acceptors (Lipinski definition) is 5. The van der Waals surface area contributed by atoms with Crippen molar-refractivity contribution in [3.8, 4) is 22.6 Å². The summed E-state index contributed by atoms with van der Waals surface area (Å²) in [6.45, 7) is 3.26. The number of hydrogen-bond donors (Lipinski definition) is 2. The molecule has 0 aromatic heterocycles. The van der Waals surface area contributed by atoms with E-state index in [1.807, 2.05) is 0 Å². The summed E-state index contributed by atoms with van der Waals surface area (Å²) in [6.07, 6.45) is 0.785. The molecule has 0 aliphatic carbocycles. The molecule has 4 rings (SSSR count). The number of aromatic hydroxyl groups is 2. The first kappa shape index (κ1) is 23.0. The van der Waals surface area contributed by atoms with Crippen LogP contribution < -0.4 is 0 Å². The minimum atomic E-state index is -2.59. The molecule has 2 unspecified atom stereocenters. The Bertz CT molecular complexity index is 870. The molecule has 2 aromatic rings. The van der Waals surface area contributed by atoms with E-state index in [4.69, 9.17) is 19.3 Å². The van der Waals surface area contributed by atoms with E-state index in [9.17, 15) is 40.2 Å². The van der Waals surface area contributed by atoms with E-state index >= 15 is 0 Å². The minimum absolute atomic E-state index is 0.392. The summed E-state index contributed by atoms with van der Waals surface area (Å²) < 4.78 is 121. The molecule has 0 saturated carbocycles. The van der Waals surface area contributed by atoms with Gasteiger partial charge in [-0.3, -0.25) is 0 Å². The van der Waals surface area contributed by atoms with Crippen molar-refractivity contribution in [2.75, 3.05) is 26.4 Å². The Labute approximate surface area is 168 Å². The highest BCUT2D eigenvalue weighted by Crippen LogP contribution is 2.44. The van der Waals surface area contributed by atoms with E-state index in [1.165, 1.54) is 0 Å². The zero-order valence-electron chi connectivity index (χ0n) is 15.1. The van der Waals surface area contributed by atoms with Gasteiger partial charge in [0, 0.05) is 0 Å². The molecular weight excluding hydrogens is 448 g/mol. The van der Waals surface area contributed by atoms with Gasteiger partial charge in [-0.05, 0) is 0 Å². The van der Waals surface area contributed by atoms with Crippen LogP contribution in [0.4, 0.5) is 35.1 Å². The number of benzene rings is 2. The standard InChI is InChI=1S/C12H2F8O2.C6H10O3/c13-3-1(4(14)7(17)9(19)6(3)16)2-5(15)8(18)10(20)12(22)11(2)21;1(5-3-8-5)7-2-6-4-9-6/h21-22H;5-6H,1-4H2. The van der Waals surface area contributed by atoms with Gasteiger partial charge in [-0.25, -0.2) is 30.7 Å². The summed E-state index contributed by atoms with van der Waals surface area (Å²) >= 11 is 0. The smallest absolute Gasteiger partial charge is 0.207 e. The lowest BCUT2D eigenvalue weighted by Gasteiger charge is -2.13. The molecule has 0 spiro atoms. The van der Waals surface area contributed by atoms with Gasteiger partial charge in [-0.1, -0.05) is 0 Å². The molecule has 31 heavy (non-hydrogen) atoms. The predicted octanol–water partition coefficient (Wildman–Crippen LogP) is 3.68. The average molecular weight is 460 g/mol. The molecule has 2 heterocycles. The van der Waals surface area contributed by atoms with Gasteiger partial charge < -0.3 is 24.4 Å². The fraction of sp³-hybridized carbons (Fsp3) is 0.333. The van der Waals surface area contributed by atoms with Crippen molar-refractivity contribution in [1.29, 1.82) is 0 Å². The molecule has 2 N–H and O–H groups in total. The van der Waals surface area contributed by atoms with Crippen molar-refractivity contribution in [1.82, 2.24) is 0 Å². The summed E-state index contributed by atoms with van der Waals surface area (Å²) in [5.74, 6) is -23.9. The monoisotopic (exact) mass is 460 g/mol. The van der Waals surface area contributed by atoms with Gasteiger partial charge in [0.15, 0.2) is 46.4 Å². The second-order valence-electron chi connectivity index (χ2n) is 6.41. The van der Waals surface area contributed by atoms with Crippen LogP contribution in [0.3, 0.4) is 0 Å². The van der Waals surface area contributed by atoms with Gasteiger partial charge in [0.1, 0.15) is 12.2 Å². The number of rotatable bonds is 5. The van der Waals surface area contributed by atoms with Crippen LogP contribution in [0.5, 0.6) is 11.5 Å². The summed E-state index contributed by atoms with van der Waals surface area (Å²) in [5, 5.41) is 18.3. The Balaban J connectivity index is 0.000000248. The van der Waals surface area contributed by atoms with Gasteiger partial charge in [-0.2, -0.15) is 4.39 Å². The highest BCUT2D eigenvalue weighted by molar-refractivity contribution is 5.75. The molecular formula is C18H12F8O5. The van der Waals surface area contributed by atoms with E-state index in [-0.39, 0.29) is 0 Å². The van der Waals surface area contributed by atoms with Crippen molar-refractivity contribution in [3.63, 3.8) is 0 Å². The molecule has 2 aliphatic rings. The molecule has 0 bridgehead atoms. The van der Waals surface area contributed by atoms with Crippen LogP contribution in [-0.4, -0.2) is 48.8 Å². The van der Waals surface area contributed by atoms with Crippen LogP contribution in [0.25, 0.3) is 11.1 Å². The Kier molecular flexibility index (Phi) is 6.57. The predicted molar refractivity (Wildman–Crippen MR) is 85.2 cm³/mol. The summed E-state index contributed by atoms with van der Waals surface area (Å²) in [4.78, 5) is 0. The maximum Gasteiger partial charge on any atom is 0.207 e. The number of phenolic OH excluding ortho intramolecular Hbond substituents is 2. The molecule has 170 valence electrons. The van der Waals surface area contributed by atoms with Crippen LogP contribution in [-0.2, 0) is 14.2 Å². The minimum Gasteiger partial charge on any atom is -0.504 e. The largest absolute Gasteiger partial charge is 0.504 e. The van der Waals surface area contributed by atoms with Crippen molar-refractivity contribution >= 4 is 0 Å². The van der Waals surface area contributed by atoms with Crippen LogP contribution in [0.15, 0.2) is 0 Å². The number of epoxide rings is 2. The van der Waals surface area contributed by atoms with Gasteiger partial charge in [-0.15, -0.1) is 0 Å². The molecule has 13 heteroatoms. The van der Waals surface area contributed by atoms with Crippen molar-refractivity contribution in [2.24, 2.45) is 0 Å². The lowest BCUT2D eigenvalue weighted by Crippen LogP contribution is -2.06. The second kappa shape index (κ2) is 8.85. The van der Waals surface area contributed by atoms with E-state index in [1.54, 1.807) is 0 Å². The fourth-order valence-electron chi connectivity index (χ4n) is 2.35. The Morgan fingerprint density at radius 3 is 1.35 bits per heavy atom. The third-order valence-corrected chi connectivity index (χ3v) is 4.15. The zero-order valence-corrected chi connectivity index (χ0v) is 15.1. The first-order valence-electron chi connectivity index (χ1n) is 8.47. The van der Waals surface area contributed by atoms with Crippen molar-refractivity contribution in [2.45, 2.75) is 12.2 Å². The first-order chi connectivity index (χ1) is 14.6. The van der Waals surface area contributed by atoms with Crippen LogP contribution >= 0.6 is 0 Å². The Hall–Kier alpha value is -2.64. The Morgan fingerprint density at radius 1 is 0.581 bits per heavy atom. The highest BCUT2D eigenvalue weighted by atomic mass is 19.2. The zero-order chi connectivity index (χ0) is 23.0. The van der Waals surface area contributed by atoms with Gasteiger partial charge in [0.05, 0.1) is 37.6 Å². The van der Waals surface area contributed by atoms with Crippen LogP contribution in [0.1, 0.15) is 0 Å². The molecule has 0 amide bonds. The molecule has 0 radical (unpaired) electrons. The lowest BCUT2D eigenvalue weighted by atomic mass is 10.0. The van der Waals surface area contributed by atoms with E-state index in [0.29, 0.717) is 12.2 Å².